The van der Waals surface area contributed by atoms with E-state index < -0.39 is 0 Å². The average Bonchev–Trinajstić information content (AvgIpc) is 3.27. The molecule has 1 atom stereocenters. The van der Waals surface area contributed by atoms with Crippen LogP contribution in [0.4, 0.5) is 23.0 Å². The molecule has 32 heavy (non-hydrogen) atoms. The second-order valence-electron chi connectivity index (χ2n) is 9.34. The van der Waals surface area contributed by atoms with E-state index in [9.17, 15) is 0 Å². The van der Waals surface area contributed by atoms with Gasteiger partial charge in [-0.1, -0.05) is 98.7 Å². The molecule has 0 bridgehead atoms. The zero-order chi connectivity index (χ0) is 23.7. The Balaban J connectivity index is 0.000000686. The smallest absolute Gasteiger partial charge is 0.178 e. The van der Waals surface area contributed by atoms with E-state index in [1.54, 1.807) is 0 Å². The molecule has 0 aliphatic carbocycles. The average molecular weight is 431 g/mol. The van der Waals surface area contributed by atoms with E-state index in [1.807, 2.05) is 33.9 Å². The topological polar surface area (TPSA) is 32.3 Å². The van der Waals surface area contributed by atoms with Gasteiger partial charge < -0.3 is 9.80 Å². The van der Waals surface area contributed by atoms with Crippen molar-refractivity contribution in [3.05, 3.63) is 72.1 Å². The fourth-order valence-electron chi connectivity index (χ4n) is 4.52. The molecule has 5 rings (SSSR count). The van der Waals surface area contributed by atoms with Crippen LogP contribution in [0.3, 0.4) is 0 Å². The van der Waals surface area contributed by atoms with Crippen LogP contribution in [-0.2, 0) is 10.8 Å². The number of benzene rings is 2. The summed E-state index contributed by atoms with van der Waals surface area (Å²) < 4.78 is 0. The molecule has 1 unspecified atom stereocenters. The molecule has 2 aromatic carbocycles. The van der Waals surface area contributed by atoms with Crippen molar-refractivity contribution in [2.45, 2.75) is 79.3 Å². The van der Waals surface area contributed by atoms with E-state index in [-0.39, 0.29) is 17.0 Å². The minimum absolute atomic E-state index is 0.0492. The van der Waals surface area contributed by atoms with Gasteiger partial charge in [0.2, 0.25) is 0 Å². The molecule has 0 fully saturated rings. The maximum Gasteiger partial charge on any atom is 0.178 e. The van der Waals surface area contributed by atoms with Crippen LogP contribution in [-0.4, -0.2) is 16.1 Å². The molecule has 0 spiro atoms. The SMILES string of the molecule is CC.CC.CC(C)(C)c1cnc2c(n1)N1c3ccccc3C(C)(C)C1N2c1ccccc1. The predicted octanol–water partition coefficient (Wildman–Crippen LogP) is 7.73. The maximum atomic E-state index is 5.13. The number of para-hydroxylation sites is 2. The van der Waals surface area contributed by atoms with E-state index in [0.717, 1.165) is 23.0 Å². The lowest BCUT2D eigenvalue weighted by atomic mass is 9.83. The summed E-state index contributed by atoms with van der Waals surface area (Å²) in [6.07, 6.45) is 2.05. The Kier molecular flexibility index (Phi) is 6.64. The summed E-state index contributed by atoms with van der Waals surface area (Å²) in [4.78, 5) is 14.8. The first-order valence-electron chi connectivity index (χ1n) is 11.9. The fourth-order valence-corrected chi connectivity index (χ4v) is 4.52. The predicted molar refractivity (Wildman–Crippen MR) is 137 cm³/mol. The fraction of sp³-hybridized carbons (Fsp3) is 0.429. The van der Waals surface area contributed by atoms with E-state index in [2.05, 4.69) is 99.0 Å². The number of nitrogens with zero attached hydrogens (tertiary/aromatic N) is 4. The van der Waals surface area contributed by atoms with Crippen LogP contribution < -0.4 is 9.80 Å². The highest BCUT2D eigenvalue weighted by Gasteiger charge is 2.54. The van der Waals surface area contributed by atoms with Gasteiger partial charge in [0.05, 0.1) is 11.9 Å². The molecule has 170 valence electrons. The summed E-state index contributed by atoms with van der Waals surface area (Å²) in [5.41, 5.74) is 4.63. The molecule has 0 saturated carbocycles. The molecule has 0 amide bonds. The van der Waals surface area contributed by atoms with E-state index in [0.29, 0.717) is 0 Å². The zero-order valence-corrected chi connectivity index (χ0v) is 21.1. The van der Waals surface area contributed by atoms with Crippen LogP contribution in [0.2, 0.25) is 0 Å². The van der Waals surface area contributed by atoms with Gasteiger partial charge in [0.15, 0.2) is 11.6 Å². The Morgan fingerprint density at radius 1 is 0.781 bits per heavy atom. The van der Waals surface area contributed by atoms with Gasteiger partial charge in [-0.3, -0.25) is 0 Å². The van der Waals surface area contributed by atoms with Crippen molar-refractivity contribution in [2.75, 3.05) is 9.80 Å². The molecule has 0 saturated heterocycles. The Hall–Kier alpha value is -2.88. The van der Waals surface area contributed by atoms with Crippen molar-refractivity contribution in [1.82, 2.24) is 9.97 Å². The van der Waals surface area contributed by atoms with Crippen molar-refractivity contribution >= 4 is 23.0 Å². The van der Waals surface area contributed by atoms with Crippen LogP contribution >= 0.6 is 0 Å². The molecule has 0 N–H and O–H groups in total. The second-order valence-corrected chi connectivity index (χ2v) is 9.34. The third kappa shape index (κ3) is 3.66. The van der Waals surface area contributed by atoms with Crippen LogP contribution in [0.5, 0.6) is 0 Å². The van der Waals surface area contributed by atoms with Gasteiger partial charge in [-0.15, -0.1) is 0 Å². The van der Waals surface area contributed by atoms with E-state index >= 15 is 0 Å². The Morgan fingerprint density at radius 3 is 2.00 bits per heavy atom. The minimum atomic E-state index is -0.0727. The Morgan fingerprint density at radius 2 is 1.38 bits per heavy atom. The van der Waals surface area contributed by atoms with Crippen molar-refractivity contribution in [2.24, 2.45) is 0 Å². The number of hydrogen-bond acceptors (Lipinski definition) is 4. The quantitative estimate of drug-likeness (QED) is 0.395. The highest BCUT2D eigenvalue weighted by atomic mass is 15.5. The molecule has 2 aliphatic rings. The Labute approximate surface area is 194 Å². The largest absolute Gasteiger partial charge is 0.301 e. The van der Waals surface area contributed by atoms with Gasteiger partial charge in [0.1, 0.15) is 6.17 Å². The normalized spacial score (nSPS) is 17.3. The van der Waals surface area contributed by atoms with Gasteiger partial charge in [0, 0.05) is 22.2 Å². The summed E-state index contributed by atoms with van der Waals surface area (Å²) in [6, 6.07) is 19.3. The van der Waals surface area contributed by atoms with Gasteiger partial charge in [-0.05, 0) is 23.8 Å². The van der Waals surface area contributed by atoms with E-state index in [1.165, 1.54) is 11.3 Å². The molecular weight excluding hydrogens is 392 g/mol. The third-order valence-electron chi connectivity index (χ3n) is 5.99. The molecule has 3 aromatic rings. The second kappa shape index (κ2) is 8.93. The van der Waals surface area contributed by atoms with Gasteiger partial charge >= 0.3 is 0 Å². The lowest BCUT2D eigenvalue weighted by molar-refractivity contribution is 0.449. The van der Waals surface area contributed by atoms with Crippen LogP contribution in [0.25, 0.3) is 0 Å². The number of rotatable bonds is 1. The van der Waals surface area contributed by atoms with Crippen molar-refractivity contribution < 1.29 is 0 Å². The lowest BCUT2D eigenvalue weighted by Gasteiger charge is -2.36. The molecule has 1 aromatic heterocycles. The summed E-state index contributed by atoms with van der Waals surface area (Å²) in [6.45, 7) is 19.2. The number of aromatic nitrogens is 2. The number of anilines is 4. The Bertz CT molecular complexity index is 1050. The first kappa shape index (κ1) is 23.8. The lowest BCUT2D eigenvalue weighted by Crippen LogP contribution is -2.46. The third-order valence-corrected chi connectivity index (χ3v) is 5.99. The maximum absolute atomic E-state index is 5.13. The first-order valence-corrected chi connectivity index (χ1v) is 11.9. The van der Waals surface area contributed by atoms with Crippen LogP contribution in [0.1, 0.15) is 73.6 Å². The first-order chi connectivity index (χ1) is 15.3. The van der Waals surface area contributed by atoms with Gasteiger partial charge in [-0.25, -0.2) is 9.97 Å². The van der Waals surface area contributed by atoms with Crippen LogP contribution in [0.15, 0.2) is 60.8 Å². The molecule has 4 nitrogen and oxygen atoms in total. The molecular formula is C28H38N4. The van der Waals surface area contributed by atoms with Gasteiger partial charge in [-0.2, -0.15) is 0 Å². The van der Waals surface area contributed by atoms with E-state index in [4.69, 9.17) is 9.97 Å². The summed E-state index contributed by atoms with van der Waals surface area (Å²) in [7, 11) is 0. The standard InChI is InChI=1S/C24H26N4.2C2H6/c1-23(2,3)19-15-25-20-21(26-19)28-18-14-10-9-13-17(18)24(4,5)22(28)27(20)16-11-7-6-8-12-16;2*1-2/h6-15,22H,1-5H3;2*1-2H3. The van der Waals surface area contributed by atoms with Crippen molar-refractivity contribution in [3.8, 4) is 0 Å². The van der Waals surface area contributed by atoms with Gasteiger partial charge in [0.25, 0.3) is 0 Å². The highest BCUT2D eigenvalue weighted by molar-refractivity contribution is 5.88. The zero-order valence-electron chi connectivity index (χ0n) is 21.1. The van der Waals surface area contributed by atoms with Crippen LogP contribution in [0, 0.1) is 0 Å². The summed E-state index contributed by atoms with van der Waals surface area (Å²) >= 11 is 0. The number of hydrogen-bond donors (Lipinski definition) is 0. The molecule has 4 heteroatoms. The minimum Gasteiger partial charge on any atom is -0.301 e. The number of fused-ring (bicyclic) bond motifs is 5. The molecule has 0 radical (unpaired) electrons. The summed E-state index contributed by atoms with van der Waals surface area (Å²) in [5, 5.41) is 0. The molecule has 2 aliphatic heterocycles. The monoisotopic (exact) mass is 430 g/mol. The summed E-state index contributed by atoms with van der Waals surface area (Å²) in [5.74, 6) is 1.89. The molecule has 3 heterocycles. The highest BCUT2D eigenvalue weighted by Crippen LogP contribution is 2.57. The van der Waals surface area contributed by atoms with Crippen molar-refractivity contribution in [1.29, 1.82) is 0 Å². The van der Waals surface area contributed by atoms with Crippen molar-refractivity contribution in [3.63, 3.8) is 0 Å².